The number of carbonyl (C=O) groups is 2. The van der Waals surface area contributed by atoms with Crippen LogP contribution in [0.5, 0.6) is 0 Å². The maximum atomic E-state index is 13.1. The van der Waals surface area contributed by atoms with Crippen LogP contribution in [0.2, 0.25) is 0 Å². The van der Waals surface area contributed by atoms with Crippen LogP contribution in [-0.4, -0.2) is 51.7 Å². The standard InChI is InChI=1S/C19H22FN3O4S/c1-23(2)28(26,27)17-8-4-6-15(12-17)19(25)22-13-18(24)21-10-9-14-5-3-7-16(20)11-14/h3-8,11-12H,9-10,13H2,1-2H3,(H,21,24)(H,22,25). The smallest absolute Gasteiger partial charge is 0.251 e. The molecule has 0 aliphatic rings. The van der Waals surface area contributed by atoms with Gasteiger partial charge in [-0.3, -0.25) is 9.59 Å². The number of sulfonamides is 1. The van der Waals surface area contributed by atoms with Gasteiger partial charge in [0.2, 0.25) is 15.9 Å². The molecule has 9 heteroatoms. The summed E-state index contributed by atoms with van der Waals surface area (Å²) in [5.41, 5.74) is 0.888. The molecule has 0 aromatic heterocycles. The van der Waals surface area contributed by atoms with Crippen molar-refractivity contribution < 1.29 is 22.4 Å². The Hall–Kier alpha value is -2.78. The molecule has 0 bridgehead atoms. The Bertz CT molecular complexity index is 961. The lowest BCUT2D eigenvalue weighted by molar-refractivity contribution is -0.120. The van der Waals surface area contributed by atoms with Gasteiger partial charge in [0.1, 0.15) is 5.82 Å². The summed E-state index contributed by atoms with van der Waals surface area (Å²) in [7, 11) is -0.860. The number of halogens is 1. The summed E-state index contributed by atoms with van der Waals surface area (Å²) in [6.45, 7) is 0.0430. The molecule has 0 spiro atoms. The van der Waals surface area contributed by atoms with E-state index in [9.17, 15) is 22.4 Å². The van der Waals surface area contributed by atoms with Crippen LogP contribution in [0, 0.1) is 5.82 Å². The average molecular weight is 407 g/mol. The summed E-state index contributed by atoms with van der Waals surface area (Å²) >= 11 is 0. The first-order valence-corrected chi connectivity index (χ1v) is 9.96. The lowest BCUT2D eigenvalue weighted by atomic mass is 10.1. The van der Waals surface area contributed by atoms with Crippen LogP contribution >= 0.6 is 0 Å². The minimum Gasteiger partial charge on any atom is -0.354 e. The zero-order valence-corrected chi connectivity index (χ0v) is 16.4. The molecule has 7 nitrogen and oxygen atoms in total. The Kier molecular flexibility index (Phi) is 7.24. The lowest BCUT2D eigenvalue weighted by Gasteiger charge is -2.12. The Morgan fingerprint density at radius 2 is 1.75 bits per heavy atom. The van der Waals surface area contributed by atoms with Gasteiger partial charge in [0.25, 0.3) is 5.91 Å². The molecular formula is C19H22FN3O4S. The summed E-state index contributed by atoms with van der Waals surface area (Å²) in [5, 5.41) is 5.07. The van der Waals surface area contributed by atoms with Gasteiger partial charge < -0.3 is 10.6 Å². The number of benzene rings is 2. The zero-order chi connectivity index (χ0) is 20.7. The fourth-order valence-electron chi connectivity index (χ4n) is 2.37. The van der Waals surface area contributed by atoms with E-state index in [0.717, 1.165) is 9.87 Å². The lowest BCUT2D eigenvalue weighted by Crippen LogP contribution is -2.37. The largest absolute Gasteiger partial charge is 0.354 e. The van der Waals surface area contributed by atoms with Gasteiger partial charge in [-0.2, -0.15) is 0 Å². The number of nitrogens with one attached hydrogen (secondary N) is 2. The number of hydrogen-bond acceptors (Lipinski definition) is 4. The molecule has 0 aliphatic carbocycles. The molecule has 0 heterocycles. The summed E-state index contributed by atoms with van der Waals surface area (Å²) in [6.07, 6.45) is 0.460. The molecule has 2 aromatic carbocycles. The number of amides is 2. The summed E-state index contributed by atoms with van der Waals surface area (Å²) in [4.78, 5) is 24.0. The van der Waals surface area contributed by atoms with Crippen LogP contribution in [0.15, 0.2) is 53.4 Å². The molecule has 2 aromatic rings. The molecule has 0 radical (unpaired) electrons. The maximum absolute atomic E-state index is 13.1. The average Bonchev–Trinajstić information content (AvgIpc) is 2.66. The number of nitrogens with zero attached hydrogens (tertiary/aromatic N) is 1. The van der Waals surface area contributed by atoms with E-state index in [-0.39, 0.29) is 22.8 Å². The quantitative estimate of drug-likeness (QED) is 0.687. The second-order valence-corrected chi connectivity index (χ2v) is 8.38. The van der Waals surface area contributed by atoms with Crippen molar-refractivity contribution in [1.82, 2.24) is 14.9 Å². The third kappa shape index (κ3) is 5.86. The third-order valence-corrected chi connectivity index (χ3v) is 5.72. The molecule has 0 aliphatic heterocycles. The van der Waals surface area contributed by atoms with Crippen molar-refractivity contribution >= 4 is 21.8 Å². The Morgan fingerprint density at radius 1 is 1.04 bits per heavy atom. The van der Waals surface area contributed by atoms with E-state index in [1.165, 1.54) is 50.5 Å². The number of carbonyl (C=O) groups excluding carboxylic acids is 2. The molecule has 0 saturated heterocycles. The van der Waals surface area contributed by atoms with Gasteiger partial charge in [0.15, 0.2) is 0 Å². The number of rotatable bonds is 8. The minimum atomic E-state index is -3.66. The molecule has 0 atom stereocenters. The topological polar surface area (TPSA) is 95.6 Å². The highest BCUT2D eigenvalue weighted by molar-refractivity contribution is 7.89. The molecule has 2 N–H and O–H groups in total. The van der Waals surface area contributed by atoms with E-state index >= 15 is 0 Å². The van der Waals surface area contributed by atoms with Gasteiger partial charge in [0, 0.05) is 26.2 Å². The van der Waals surface area contributed by atoms with Crippen LogP contribution in [0.1, 0.15) is 15.9 Å². The van der Waals surface area contributed by atoms with Gasteiger partial charge in [-0.1, -0.05) is 18.2 Å². The van der Waals surface area contributed by atoms with Crippen LogP contribution in [0.25, 0.3) is 0 Å². The van der Waals surface area contributed by atoms with Crippen LogP contribution in [0.4, 0.5) is 4.39 Å². The van der Waals surface area contributed by atoms with Crippen molar-refractivity contribution in [3.05, 3.63) is 65.5 Å². The van der Waals surface area contributed by atoms with E-state index in [1.54, 1.807) is 12.1 Å². The molecular weight excluding hydrogens is 385 g/mol. The van der Waals surface area contributed by atoms with Crippen LogP contribution < -0.4 is 10.6 Å². The summed E-state index contributed by atoms with van der Waals surface area (Å²) < 4.78 is 38.4. The SMILES string of the molecule is CN(C)S(=O)(=O)c1cccc(C(=O)NCC(=O)NCCc2cccc(F)c2)c1. The van der Waals surface area contributed by atoms with Gasteiger partial charge in [-0.05, 0) is 42.3 Å². The van der Waals surface area contributed by atoms with Gasteiger partial charge in [0.05, 0.1) is 11.4 Å². The summed E-state index contributed by atoms with van der Waals surface area (Å²) in [6, 6.07) is 11.7. The predicted molar refractivity (Wildman–Crippen MR) is 103 cm³/mol. The van der Waals surface area contributed by atoms with Crippen molar-refractivity contribution in [2.75, 3.05) is 27.2 Å². The van der Waals surface area contributed by atoms with Crippen molar-refractivity contribution in [2.45, 2.75) is 11.3 Å². The highest BCUT2D eigenvalue weighted by atomic mass is 32.2. The normalized spacial score (nSPS) is 11.3. The third-order valence-electron chi connectivity index (χ3n) is 3.91. The van der Waals surface area contributed by atoms with Crippen LogP contribution in [0.3, 0.4) is 0 Å². The minimum absolute atomic E-state index is 0.00954. The zero-order valence-electron chi connectivity index (χ0n) is 15.6. The molecule has 0 saturated carbocycles. The molecule has 28 heavy (non-hydrogen) atoms. The molecule has 150 valence electrons. The monoisotopic (exact) mass is 407 g/mol. The highest BCUT2D eigenvalue weighted by Crippen LogP contribution is 2.14. The van der Waals surface area contributed by atoms with Crippen LogP contribution in [-0.2, 0) is 21.2 Å². The fourth-order valence-corrected chi connectivity index (χ4v) is 3.32. The molecule has 2 amide bonds. The molecule has 0 unspecified atom stereocenters. The second-order valence-electron chi connectivity index (χ2n) is 6.23. The van der Waals surface area contributed by atoms with E-state index in [0.29, 0.717) is 13.0 Å². The van der Waals surface area contributed by atoms with E-state index < -0.39 is 21.8 Å². The maximum Gasteiger partial charge on any atom is 0.251 e. The first-order chi connectivity index (χ1) is 13.2. The molecule has 0 fully saturated rings. The van der Waals surface area contributed by atoms with E-state index in [2.05, 4.69) is 10.6 Å². The summed E-state index contributed by atoms with van der Waals surface area (Å²) in [5.74, 6) is -1.30. The highest BCUT2D eigenvalue weighted by Gasteiger charge is 2.18. The predicted octanol–water partition coefficient (Wildman–Crippen LogP) is 1.16. The second kappa shape index (κ2) is 9.43. The number of hydrogen-bond donors (Lipinski definition) is 2. The Balaban J connectivity index is 1.85. The fraction of sp³-hybridized carbons (Fsp3) is 0.263. The van der Waals surface area contributed by atoms with Crippen molar-refractivity contribution in [3.8, 4) is 0 Å². The van der Waals surface area contributed by atoms with Gasteiger partial charge in [-0.25, -0.2) is 17.1 Å². The van der Waals surface area contributed by atoms with E-state index in [4.69, 9.17) is 0 Å². The van der Waals surface area contributed by atoms with Crippen molar-refractivity contribution in [2.24, 2.45) is 0 Å². The Morgan fingerprint density at radius 3 is 2.43 bits per heavy atom. The van der Waals surface area contributed by atoms with Crippen molar-refractivity contribution in [1.29, 1.82) is 0 Å². The Labute approximate surface area is 163 Å². The van der Waals surface area contributed by atoms with Gasteiger partial charge in [-0.15, -0.1) is 0 Å². The first kappa shape index (κ1) is 21.5. The van der Waals surface area contributed by atoms with E-state index in [1.807, 2.05) is 0 Å². The van der Waals surface area contributed by atoms with Gasteiger partial charge >= 0.3 is 0 Å². The molecule has 2 rings (SSSR count). The van der Waals surface area contributed by atoms with Crippen molar-refractivity contribution in [3.63, 3.8) is 0 Å². The first-order valence-electron chi connectivity index (χ1n) is 8.52.